The third-order valence-corrected chi connectivity index (χ3v) is 3.62. The summed E-state index contributed by atoms with van der Waals surface area (Å²) in [5.74, 6) is -0.334. The van der Waals surface area contributed by atoms with Crippen molar-refractivity contribution in [3.05, 3.63) is 71.8 Å². The predicted octanol–water partition coefficient (Wildman–Crippen LogP) is 0.715. The van der Waals surface area contributed by atoms with Crippen LogP contribution in [0.5, 0.6) is 0 Å². The van der Waals surface area contributed by atoms with Crippen molar-refractivity contribution < 1.29 is 4.79 Å². The number of anilines is 1. The van der Waals surface area contributed by atoms with E-state index < -0.39 is 0 Å². The molecular weight excluding hydrogens is 322 g/mol. The standard InChI is InChI=1S/C16H13N7O2/c24-15(9-22-16(25)21-8-2-1-3-14(21)20-22)19-12-4-6-13(7-5-12)23-11-17-10-18-23/h1-8,10-11H,9H2,(H,19,24). The molecule has 0 atom stereocenters. The predicted molar refractivity (Wildman–Crippen MR) is 89.4 cm³/mol. The Kier molecular flexibility index (Phi) is 3.58. The molecule has 1 amide bonds. The van der Waals surface area contributed by atoms with Gasteiger partial charge >= 0.3 is 5.69 Å². The monoisotopic (exact) mass is 335 g/mol. The second-order valence-corrected chi connectivity index (χ2v) is 5.30. The van der Waals surface area contributed by atoms with Gasteiger partial charge in [-0.15, -0.1) is 5.10 Å². The maximum atomic E-state index is 12.2. The van der Waals surface area contributed by atoms with Gasteiger partial charge in [0.2, 0.25) is 5.91 Å². The molecule has 4 rings (SSSR count). The maximum Gasteiger partial charge on any atom is 0.350 e. The average Bonchev–Trinajstić information content (AvgIpc) is 3.25. The number of hydrogen-bond acceptors (Lipinski definition) is 5. The van der Waals surface area contributed by atoms with E-state index in [1.165, 1.54) is 10.7 Å². The topological polar surface area (TPSA) is 99.1 Å². The van der Waals surface area contributed by atoms with Gasteiger partial charge in [-0.1, -0.05) is 6.07 Å². The third kappa shape index (κ3) is 2.90. The fourth-order valence-electron chi connectivity index (χ4n) is 2.45. The Balaban J connectivity index is 1.48. The molecule has 1 aromatic carbocycles. The second kappa shape index (κ2) is 6.04. The molecule has 4 aromatic rings. The van der Waals surface area contributed by atoms with Crippen LogP contribution in [0.15, 0.2) is 66.1 Å². The summed E-state index contributed by atoms with van der Waals surface area (Å²) in [6.45, 7) is -0.161. The van der Waals surface area contributed by atoms with Gasteiger partial charge in [0.1, 0.15) is 19.2 Å². The van der Waals surface area contributed by atoms with E-state index in [2.05, 4.69) is 20.5 Å². The first-order valence-corrected chi connectivity index (χ1v) is 7.50. The zero-order chi connectivity index (χ0) is 17.2. The molecule has 0 bridgehead atoms. The molecule has 3 heterocycles. The van der Waals surface area contributed by atoms with E-state index in [1.807, 2.05) is 0 Å². The van der Waals surface area contributed by atoms with Crippen LogP contribution in [0.3, 0.4) is 0 Å². The molecule has 0 unspecified atom stereocenters. The normalized spacial score (nSPS) is 10.9. The minimum absolute atomic E-state index is 0.161. The van der Waals surface area contributed by atoms with Crippen molar-refractivity contribution in [2.45, 2.75) is 6.54 Å². The van der Waals surface area contributed by atoms with Gasteiger partial charge in [0.05, 0.1) is 5.69 Å². The zero-order valence-electron chi connectivity index (χ0n) is 13.0. The quantitative estimate of drug-likeness (QED) is 0.592. The number of rotatable bonds is 4. The zero-order valence-corrected chi connectivity index (χ0v) is 13.0. The Labute approximate surface area is 141 Å². The number of pyridine rings is 1. The smallest absolute Gasteiger partial charge is 0.324 e. The van der Waals surface area contributed by atoms with Crippen molar-refractivity contribution in [1.82, 2.24) is 28.9 Å². The fraction of sp³-hybridized carbons (Fsp3) is 0.0625. The highest BCUT2D eigenvalue weighted by Gasteiger charge is 2.10. The summed E-state index contributed by atoms with van der Waals surface area (Å²) in [6.07, 6.45) is 4.65. The summed E-state index contributed by atoms with van der Waals surface area (Å²) in [5.41, 5.74) is 1.59. The van der Waals surface area contributed by atoms with E-state index in [0.29, 0.717) is 11.3 Å². The molecule has 0 spiro atoms. The molecule has 9 nitrogen and oxygen atoms in total. The number of carbonyl (C=O) groups excluding carboxylic acids is 1. The molecule has 124 valence electrons. The molecule has 0 radical (unpaired) electrons. The minimum Gasteiger partial charge on any atom is -0.324 e. The number of hydrogen-bond donors (Lipinski definition) is 1. The Morgan fingerprint density at radius 3 is 2.68 bits per heavy atom. The number of benzene rings is 1. The summed E-state index contributed by atoms with van der Waals surface area (Å²) < 4.78 is 4.14. The van der Waals surface area contributed by atoms with Gasteiger partial charge in [-0.05, 0) is 36.4 Å². The van der Waals surface area contributed by atoms with Crippen molar-refractivity contribution in [2.75, 3.05) is 5.32 Å². The Morgan fingerprint density at radius 1 is 1.12 bits per heavy atom. The average molecular weight is 335 g/mol. The van der Waals surface area contributed by atoms with Crippen molar-refractivity contribution in [3.8, 4) is 5.69 Å². The lowest BCUT2D eigenvalue weighted by Crippen LogP contribution is -2.28. The van der Waals surface area contributed by atoms with Crippen LogP contribution in [0.1, 0.15) is 0 Å². The maximum absolute atomic E-state index is 12.2. The minimum atomic E-state index is -0.354. The van der Waals surface area contributed by atoms with Crippen molar-refractivity contribution >= 4 is 17.2 Å². The summed E-state index contributed by atoms with van der Waals surface area (Å²) in [4.78, 5) is 28.2. The number of carbonyl (C=O) groups is 1. The molecule has 0 fully saturated rings. The first-order chi connectivity index (χ1) is 12.2. The number of nitrogens with one attached hydrogen (secondary N) is 1. The third-order valence-electron chi connectivity index (χ3n) is 3.62. The fourth-order valence-corrected chi connectivity index (χ4v) is 2.45. The molecule has 1 N–H and O–H groups in total. The first kappa shape index (κ1) is 14.8. The first-order valence-electron chi connectivity index (χ1n) is 7.50. The van der Waals surface area contributed by atoms with E-state index in [9.17, 15) is 9.59 Å². The largest absolute Gasteiger partial charge is 0.350 e. The molecule has 3 aromatic heterocycles. The number of amides is 1. The van der Waals surface area contributed by atoms with Crippen molar-refractivity contribution in [3.63, 3.8) is 0 Å². The van der Waals surface area contributed by atoms with Crippen molar-refractivity contribution in [1.29, 1.82) is 0 Å². The Bertz CT molecular complexity index is 1080. The van der Waals surface area contributed by atoms with Gasteiger partial charge in [0, 0.05) is 11.9 Å². The lowest BCUT2D eigenvalue weighted by atomic mass is 10.3. The Morgan fingerprint density at radius 2 is 1.96 bits per heavy atom. The van der Waals surface area contributed by atoms with Gasteiger partial charge < -0.3 is 5.32 Å². The summed E-state index contributed by atoms with van der Waals surface area (Å²) in [6, 6.07) is 12.3. The van der Waals surface area contributed by atoms with E-state index in [1.54, 1.807) is 59.7 Å². The molecule has 9 heteroatoms. The van der Waals surface area contributed by atoms with Crippen LogP contribution in [0.2, 0.25) is 0 Å². The lowest BCUT2D eigenvalue weighted by molar-refractivity contribution is -0.117. The van der Waals surface area contributed by atoms with Crippen molar-refractivity contribution in [2.24, 2.45) is 0 Å². The molecule has 25 heavy (non-hydrogen) atoms. The summed E-state index contributed by atoms with van der Waals surface area (Å²) >= 11 is 0. The van der Waals surface area contributed by atoms with Gasteiger partial charge in [-0.2, -0.15) is 5.10 Å². The molecular formula is C16H13N7O2. The van der Waals surface area contributed by atoms with Gasteiger partial charge in [0.25, 0.3) is 0 Å². The van der Waals surface area contributed by atoms with E-state index >= 15 is 0 Å². The SMILES string of the molecule is O=C(Cn1nc2ccccn2c1=O)Nc1ccc(-n2cncn2)cc1. The van der Waals surface area contributed by atoms with Crippen LogP contribution in [-0.2, 0) is 11.3 Å². The van der Waals surface area contributed by atoms with Gasteiger partial charge in [-0.25, -0.2) is 19.1 Å². The summed E-state index contributed by atoms with van der Waals surface area (Å²) in [5, 5.41) is 10.9. The number of nitrogens with zero attached hydrogens (tertiary/aromatic N) is 6. The molecule has 0 aliphatic heterocycles. The van der Waals surface area contributed by atoms with Crippen LogP contribution in [0.25, 0.3) is 11.3 Å². The molecule has 0 saturated heterocycles. The number of fused-ring (bicyclic) bond motifs is 1. The van der Waals surface area contributed by atoms with Gasteiger partial charge in [-0.3, -0.25) is 9.20 Å². The van der Waals surface area contributed by atoms with Crippen LogP contribution < -0.4 is 11.0 Å². The summed E-state index contributed by atoms with van der Waals surface area (Å²) in [7, 11) is 0. The second-order valence-electron chi connectivity index (χ2n) is 5.30. The highest BCUT2D eigenvalue weighted by molar-refractivity contribution is 5.90. The Hall–Kier alpha value is -3.75. The van der Waals surface area contributed by atoms with Crippen LogP contribution in [0.4, 0.5) is 5.69 Å². The highest BCUT2D eigenvalue weighted by atomic mass is 16.2. The van der Waals surface area contributed by atoms with Crippen LogP contribution >= 0.6 is 0 Å². The molecule has 0 saturated carbocycles. The van der Waals surface area contributed by atoms with Gasteiger partial charge in [0.15, 0.2) is 5.65 Å². The van der Waals surface area contributed by atoms with E-state index in [4.69, 9.17) is 0 Å². The molecule has 0 aliphatic carbocycles. The van der Waals surface area contributed by atoms with Crippen LogP contribution in [-0.4, -0.2) is 34.9 Å². The number of aromatic nitrogens is 6. The lowest BCUT2D eigenvalue weighted by Gasteiger charge is -2.06. The van der Waals surface area contributed by atoms with Crippen LogP contribution in [0, 0.1) is 0 Å². The van der Waals surface area contributed by atoms with E-state index in [-0.39, 0.29) is 18.1 Å². The molecule has 0 aliphatic rings. The highest BCUT2D eigenvalue weighted by Crippen LogP contribution is 2.12. The van der Waals surface area contributed by atoms with E-state index in [0.717, 1.165) is 10.4 Å².